The SMILES string of the molecule is CC#CCN1CC[C@@]2(C[C@H]1C)C(N1CCC(Cc3ccccc3)C1)=NC(=O)N2c1cccc(F)c1. The molecule has 3 aliphatic rings. The zero-order chi connectivity index (χ0) is 24.4. The van der Waals surface area contributed by atoms with Crippen molar-refractivity contribution in [2.75, 3.05) is 31.1 Å². The van der Waals surface area contributed by atoms with Crippen LogP contribution in [0.25, 0.3) is 0 Å². The van der Waals surface area contributed by atoms with Gasteiger partial charge < -0.3 is 4.90 Å². The number of carbonyl (C=O) groups is 1. The van der Waals surface area contributed by atoms with E-state index < -0.39 is 5.54 Å². The Morgan fingerprint density at radius 3 is 2.71 bits per heavy atom. The Morgan fingerprint density at radius 1 is 1.14 bits per heavy atom. The lowest BCUT2D eigenvalue weighted by Gasteiger charge is -2.49. The highest BCUT2D eigenvalue weighted by Crippen LogP contribution is 2.43. The minimum absolute atomic E-state index is 0.222. The van der Waals surface area contributed by atoms with Crippen LogP contribution >= 0.6 is 0 Å². The summed E-state index contributed by atoms with van der Waals surface area (Å²) in [6.45, 7) is 7.37. The van der Waals surface area contributed by atoms with E-state index in [4.69, 9.17) is 0 Å². The first-order chi connectivity index (χ1) is 17.0. The number of halogens is 1. The summed E-state index contributed by atoms with van der Waals surface area (Å²) < 4.78 is 14.2. The normalized spacial score (nSPS) is 26.7. The van der Waals surface area contributed by atoms with E-state index in [9.17, 15) is 9.18 Å². The fourth-order valence-corrected chi connectivity index (χ4v) is 6.10. The molecule has 0 aliphatic carbocycles. The fourth-order valence-electron chi connectivity index (χ4n) is 6.10. The highest BCUT2D eigenvalue weighted by Gasteiger charge is 2.55. The third-order valence-electron chi connectivity index (χ3n) is 7.78. The van der Waals surface area contributed by atoms with Crippen molar-refractivity contribution in [3.63, 3.8) is 0 Å². The van der Waals surface area contributed by atoms with Gasteiger partial charge in [-0.05, 0) is 69.2 Å². The predicted molar refractivity (Wildman–Crippen MR) is 138 cm³/mol. The van der Waals surface area contributed by atoms with Gasteiger partial charge >= 0.3 is 6.03 Å². The average molecular weight is 473 g/mol. The first-order valence-electron chi connectivity index (χ1n) is 12.6. The summed E-state index contributed by atoms with van der Waals surface area (Å²) in [6.07, 6.45) is 3.61. The Kier molecular flexibility index (Phi) is 6.62. The van der Waals surface area contributed by atoms with E-state index in [0.29, 0.717) is 11.6 Å². The summed E-state index contributed by atoms with van der Waals surface area (Å²) >= 11 is 0. The van der Waals surface area contributed by atoms with Crippen molar-refractivity contribution < 1.29 is 9.18 Å². The molecule has 0 aromatic heterocycles. The maximum Gasteiger partial charge on any atom is 0.350 e. The summed E-state index contributed by atoms with van der Waals surface area (Å²) in [7, 11) is 0. The second kappa shape index (κ2) is 9.83. The topological polar surface area (TPSA) is 39.1 Å². The van der Waals surface area contributed by atoms with Gasteiger partial charge in [-0.1, -0.05) is 42.3 Å². The molecule has 2 fully saturated rings. The van der Waals surface area contributed by atoms with E-state index in [0.717, 1.165) is 57.7 Å². The highest BCUT2D eigenvalue weighted by atomic mass is 19.1. The van der Waals surface area contributed by atoms with Crippen LogP contribution in [0.3, 0.4) is 0 Å². The highest BCUT2D eigenvalue weighted by molar-refractivity contribution is 6.16. The van der Waals surface area contributed by atoms with Crippen LogP contribution in [0.2, 0.25) is 0 Å². The minimum atomic E-state index is -0.567. The van der Waals surface area contributed by atoms with Gasteiger partial charge in [0.15, 0.2) is 0 Å². The second-order valence-corrected chi connectivity index (χ2v) is 10.1. The monoisotopic (exact) mass is 472 g/mol. The maximum absolute atomic E-state index is 14.2. The van der Waals surface area contributed by atoms with Crippen LogP contribution < -0.4 is 4.90 Å². The zero-order valence-electron chi connectivity index (χ0n) is 20.6. The summed E-state index contributed by atoms with van der Waals surface area (Å²) in [5.74, 6) is 7.23. The van der Waals surface area contributed by atoms with Crippen LogP contribution in [0.5, 0.6) is 0 Å². The number of anilines is 1. The van der Waals surface area contributed by atoms with Crippen LogP contribution in [-0.2, 0) is 6.42 Å². The molecule has 3 aliphatic heterocycles. The van der Waals surface area contributed by atoms with Crippen molar-refractivity contribution in [1.29, 1.82) is 0 Å². The van der Waals surface area contributed by atoms with Gasteiger partial charge in [0.2, 0.25) is 0 Å². The lowest BCUT2D eigenvalue weighted by molar-refractivity contribution is 0.142. The molecule has 6 heteroatoms. The number of benzene rings is 2. The number of hydrogen-bond acceptors (Lipinski definition) is 3. The summed E-state index contributed by atoms with van der Waals surface area (Å²) in [6, 6.07) is 16.9. The Bertz CT molecular complexity index is 1170. The molecular formula is C29H33FN4O. The molecule has 5 nitrogen and oxygen atoms in total. The number of nitrogens with zero attached hydrogens (tertiary/aromatic N) is 4. The standard InChI is InChI=1S/C29H33FN4O/c1-3-4-15-32-17-14-29(20-22(32)2)27(31-28(35)34(29)26-12-8-11-25(30)19-26)33-16-13-24(21-33)18-23-9-6-5-7-10-23/h5-12,19,22,24H,13-18,20-21H2,1-2H3/t22-,24?,29-/m1/s1. The van der Waals surface area contributed by atoms with Crippen molar-refractivity contribution in [3.8, 4) is 11.8 Å². The van der Waals surface area contributed by atoms with E-state index in [-0.39, 0.29) is 17.9 Å². The molecule has 2 saturated heterocycles. The second-order valence-electron chi connectivity index (χ2n) is 10.1. The molecule has 0 radical (unpaired) electrons. The molecule has 3 atom stereocenters. The van der Waals surface area contributed by atoms with Crippen molar-refractivity contribution in [2.45, 2.75) is 51.1 Å². The van der Waals surface area contributed by atoms with Gasteiger partial charge in [-0.3, -0.25) is 9.80 Å². The van der Waals surface area contributed by atoms with Crippen molar-refractivity contribution >= 4 is 17.6 Å². The molecule has 5 rings (SSSR count). The molecule has 0 N–H and O–H groups in total. The summed E-state index contributed by atoms with van der Waals surface area (Å²) in [5, 5.41) is 0. The third kappa shape index (κ3) is 4.58. The van der Waals surface area contributed by atoms with Crippen molar-refractivity contribution in [1.82, 2.24) is 9.80 Å². The number of amides is 2. The Balaban J connectivity index is 1.44. The molecule has 3 heterocycles. The number of likely N-dealkylation sites (tertiary alicyclic amines) is 2. The molecule has 35 heavy (non-hydrogen) atoms. The molecular weight excluding hydrogens is 439 g/mol. The van der Waals surface area contributed by atoms with Gasteiger partial charge in [0, 0.05) is 31.4 Å². The molecule has 0 saturated carbocycles. The van der Waals surface area contributed by atoms with Crippen LogP contribution in [-0.4, -0.2) is 59.4 Å². The quantitative estimate of drug-likeness (QED) is 0.590. The molecule has 182 valence electrons. The largest absolute Gasteiger partial charge is 0.358 e. The van der Waals surface area contributed by atoms with Crippen LogP contribution in [0.15, 0.2) is 59.6 Å². The smallest absolute Gasteiger partial charge is 0.350 e. The number of rotatable bonds is 4. The molecule has 0 bridgehead atoms. The molecule has 2 amide bonds. The zero-order valence-corrected chi connectivity index (χ0v) is 20.6. The number of amidine groups is 1. The van der Waals surface area contributed by atoms with Crippen LogP contribution in [0.4, 0.5) is 14.9 Å². The number of piperidine rings is 1. The van der Waals surface area contributed by atoms with Gasteiger partial charge in [0.1, 0.15) is 17.2 Å². The number of hydrogen-bond donors (Lipinski definition) is 0. The van der Waals surface area contributed by atoms with Gasteiger partial charge in [0.25, 0.3) is 0 Å². The maximum atomic E-state index is 14.2. The minimum Gasteiger partial charge on any atom is -0.358 e. The lowest BCUT2D eigenvalue weighted by atomic mass is 9.80. The molecule has 2 aromatic rings. The van der Waals surface area contributed by atoms with Gasteiger partial charge in [-0.15, -0.1) is 5.92 Å². The van der Waals surface area contributed by atoms with Crippen LogP contribution in [0.1, 0.15) is 38.7 Å². The first-order valence-corrected chi connectivity index (χ1v) is 12.6. The van der Waals surface area contributed by atoms with Gasteiger partial charge in [-0.2, -0.15) is 4.99 Å². The van der Waals surface area contributed by atoms with Crippen LogP contribution in [0, 0.1) is 23.6 Å². The first kappa shape index (κ1) is 23.6. The predicted octanol–water partition coefficient (Wildman–Crippen LogP) is 4.98. The van der Waals surface area contributed by atoms with E-state index in [1.165, 1.54) is 17.7 Å². The Hall–Kier alpha value is -3.17. The molecule has 1 unspecified atom stereocenters. The molecule has 1 spiro atoms. The summed E-state index contributed by atoms with van der Waals surface area (Å²) in [4.78, 5) is 24.5. The van der Waals surface area contributed by atoms with Crippen molar-refractivity contribution in [3.05, 3.63) is 66.0 Å². The number of carbonyl (C=O) groups excluding carboxylic acids is 1. The fraction of sp³-hybridized carbons (Fsp3) is 0.448. The van der Waals surface area contributed by atoms with E-state index in [2.05, 4.69) is 57.8 Å². The lowest BCUT2D eigenvalue weighted by Crippen LogP contribution is -2.63. The Morgan fingerprint density at radius 2 is 1.97 bits per heavy atom. The molecule has 2 aromatic carbocycles. The summed E-state index contributed by atoms with van der Waals surface area (Å²) in [5.41, 5.74) is 1.36. The van der Waals surface area contributed by atoms with E-state index in [1.807, 2.05) is 19.1 Å². The number of urea groups is 1. The van der Waals surface area contributed by atoms with Crippen molar-refractivity contribution in [2.24, 2.45) is 10.9 Å². The van der Waals surface area contributed by atoms with Gasteiger partial charge in [0.05, 0.1) is 6.54 Å². The average Bonchev–Trinajstić information content (AvgIpc) is 3.41. The van der Waals surface area contributed by atoms with E-state index >= 15 is 0 Å². The Labute approximate surface area is 207 Å². The van der Waals surface area contributed by atoms with E-state index in [1.54, 1.807) is 11.0 Å². The number of aliphatic imine (C=N–C) groups is 1. The van der Waals surface area contributed by atoms with Gasteiger partial charge in [-0.25, -0.2) is 9.18 Å². The third-order valence-corrected chi connectivity index (χ3v) is 7.78.